The van der Waals surface area contributed by atoms with E-state index in [4.69, 9.17) is 0 Å². The molecule has 0 bridgehead atoms. The van der Waals surface area contributed by atoms with E-state index in [9.17, 15) is 18.0 Å². The van der Waals surface area contributed by atoms with Crippen LogP contribution in [0.4, 0.5) is 11.4 Å². The monoisotopic (exact) mass is 427 g/mol. The van der Waals surface area contributed by atoms with Crippen molar-refractivity contribution in [2.45, 2.75) is 44.0 Å². The predicted molar refractivity (Wildman–Crippen MR) is 115 cm³/mol. The Bertz CT molecular complexity index is 1110. The lowest BCUT2D eigenvalue weighted by Crippen LogP contribution is -2.38. The SMILES string of the molecule is CC(=O)N1CCc2cc(S(=O)(=O)NCCC(=O)N3c4ccccc4CC3C)ccc21. The summed E-state index contributed by atoms with van der Waals surface area (Å²) in [6.07, 6.45) is 1.52. The summed E-state index contributed by atoms with van der Waals surface area (Å²) in [5.74, 6) is -0.153. The van der Waals surface area contributed by atoms with Gasteiger partial charge in [0.25, 0.3) is 0 Å². The van der Waals surface area contributed by atoms with Gasteiger partial charge in [0.1, 0.15) is 0 Å². The number of rotatable bonds is 5. The van der Waals surface area contributed by atoms with Crippen molar-refractivity contribution < 1.29 is 18.0 Å². The number of benzene rings is 2. The predicted octanol–water partition coefficient (Wildman–Crippen LogP) is 2.24. The number of amides is 2. The second kappa shape index (κ2) is 7.85. The van der Waals surface area contributed by atoms with Gasteiger partial charge in [0.15, 0.2) is 0 Å². The van der Waals surface area contributed by atoms with Crippen LogP contribution in [0.25, 0.3) is 0 Å². The van der Waals surface area contributed by atoms with Crippen LogP contribution in [0.15, 0.2) is 47.4 Å². The van der Waals surface area contributed by atoms with Crippen LogP contribution in [0.3, 0.4) is 0 Å². The Hall–Kier alpha value is -2.71. The van der Waals surface area contributed by atoms with Crippen molar-refractivity contribution in [3.63, 3.8) is 0 Å². The van der Waals surface area contributed by atoms with Gasteiger partial charge in [0, 0.05) is 43.9 Å². The van der Waals surface area contributed by atoms with E-state index in [0.717, 1.165) is 28.9 Å². The highest BCUT2D eigenvalue weighted by atomic mass is 32.2. The summed E-state index contributed by atoms with van der Waals surface area (Å²) in [6.45, 7) is 4.09. The summed E-state index contributed by atoms with van der Waals surface area (Å²) in [5, 5.41) is 0. The van der Waals surface area contributed by atoms with Gasteiger partial charge in [-0.15, -0.1) is 0 Å². The van der Waals surface area contributed by atoms with Gasteiger partial charge in [-0.25, -0.2) is 13.1 Å². The number of hydrogen-bond donors (Lipinski definition) is 1. The fourth-order valence-electron chi connectivity index (χ4n) is 4.31. The Labute approximate surface area is 176 Å². The molecule has 0 fully saturated rings. The van der Waals surface area contributed by atoms with E-state index in [0.29, 0.717) is 13.0 Å². The van der Waals surface area contributed by atoms with Crippen molar-refractivity contribution in [1.29, 1.82) is 0 Å². The van der Waals surface area contributed by atoms with E-state index in [1.807, 2.05) is 31.2 Å². The molecule has 0 spiro atoms. The largest absolute Gasteiger partial charge is 0.312 e. The summed E-state index contributed by atoms with van der Waals surface area (Å²) in [5.41, 5.74) is 3.65. The van der Waals surface area contributed by atoms with E-state index in [2.05, 4.69) is 4.72 Å². The van der Waals surface area contributed by atoms with Crippen LogP contribution in [0.1, 0.15) is 31.4 Å². The summed E-state index contributed by atoms with van der Waals surface area (Å²) < 4.78 is 27.9. The molecule has 1 N–H and O–H groups in total. The molecule has 0 saturated carbocycles. The van der Waals surface area contributed by atoms with Crippen molar-refractivity contribution in [3.05, 3.63) is 53.6 Å². The van der Waals surface area contributed by atoms with Gasteiger partial charge in [-0.2, -0.15) is 0 Å². The molecule has 0 aliphatic carbocycles. The Morgan fingerprint density at radius 1 is 1.10 bits per heavy atom. The zero-order valence-electron chi connectivity index (χ0n) is 17.1. The minimum atomic E-state index is -3.74. The standard InChI is InChI=1S/C22H25N3O4S/c1-15-13-17-5-3-4-6-21(17)25(15)22(27)9-11-23-30(28,29)19-7-8-20-18(14-19)10-12-24(20)16(2)26/h3-8,14-15,23H,9-13H2,1-2H3. The molecule has 2 aromatic rings. The molecule has 0 radical (unpaired) electrons. The lowest BCUT2D eigenvalue weighted by atomic mass is 10.1. The summed E-state index contributed by atoms with van der Waals surface area (Å²) in [7, 11) is -3.74. The maximum Gasteiger partial charge on any atom is 0.240 e. The molecule has 30 heavy (non-hydrogen) atoms. The zero-order chi connectivity index (χ0) is 21.5. The maximum atomic E-state index is 12.7. The molecule has 2 heterocycles. The third kappa shape index (κ3) is 3.73. The zero-order valence-corrected chi connectivity index (χ0v) is 17.9. The maximum absolute atomic E-state index is 12.7. The van der Waals surface area contributed by atoms with Crippen LogP contribution in [0.5, 0.6) is 0 Å². The van der Waals surface area contributed by atoms with Crippen molar-refractivity contribution in [1.82, 2.24) is 4.72 Å². The van der Waals surface area contributed by atoms with Crippen LogP contribution in [-0.4, -0.2) is 39.4 Å². The van der Waals surface area contributed by atoms with Gasteiger partial charge in [0.05, 0.1) is 4.90 Å². The Balaban J connectivity index is 1.41. The van der Waals surface area contributed by atoms with Crippen LogP contribution in [0.2, 0.25) is 0 Å². The smallest absolute Gasteiger partial charge is 0.240 e. The van der Waals surface area contributed by atoms with Crippen molar-refractivity contribution in [2.75, 3.05) is 22.9 Å². The molecule has 1 unspecified atom stereocenters. The van der Waals surface area contributed by atoms with Gasteiger partial charge < -0.3 is 9.80 Å². The number of nitrogens with zero attached hydrogens (tertiary/aromatic N) is 2. The second-order valence-electron chi connectivity index (χ2n) is 7.80. The van der Waals surface area contributed by atoms with E-state index in [1.54, 1.807) is 21.9 Å². The molecule has 1 atom stereocenters. The van der Waals surface area contributed by atoms with E-state index >= 15 is 0 Å². The van der Waals surface area contributed by atoms with E-state index in [1.165, 1.54) is 13.0 Å². The van der Waals surface area contributed by atoms with Crippen LogP contribution >= 0.6 is 0 Å². The molecule has 7 nitrogen and oxygen atoms in total. The first-order chi connectivity index (χ1) is 14.3. The van der Waals surface area contributed by atoms with Crippen LogP contribution in [0, 0.1) is 0 Å². The average molecular weight is 428 g/mol. The van der Waals surface area contributed by atoms with Crippen LogP contribution in [-0.2, 0) is 32.5 Å². The summed E-state index contributed by atoms with van der Waals surface area (Å²) in [6, 6.07) is 12.7. The fraction of sp³-hybridized carbons (Fsp3) is 0.364. The number of carbonyl (C=O) groups excluding carboxylic acids is 2. The van der Waals surface area contributed by atoms with E-state index in [-0.39, 0.29) is 35.7 Å². The highest BCUT2D eigenvalue weighted by Gasteiger charge is 2.30. The number of carbonyl (C=O) groups is 2. The van der Waals surface area contributed by atoms with Gasteiger partial charge in [0.2, 0.25) is 21.8 Å². The molecule has 0 saturated heterocycles. The van der Waals surface area contributed by atoms with Gasteiger partial charge >= 0.3 is 0 Å². The molecular weight excluding hydrogens is 402 g/mol. The molecule has 4 rings (SSSR count). The van der Waals surface area contributed by atoms with Gasteiger partial charge in [-0.3, -0.25) is 9.59 Å². The molecule has 2 aromatic carbocycles. The minimum Gasteiger partial charge on any atom is -0.312 e. The fourth-order valence-corrected chi connectivity index (χ4v) is 5.40. The van der Waals surface area contributed by atoms with Crippen molar-refractivity contribution in [2.24, 2.45) is 0 Å². The molecule has 2 aliphatic heterocycles. The highest BCUT2D eigenvalue weighted by molar-refractivity contribution is 7.89. The number of para-hydroxylation sites is 1. The Morgan fingerprint density at radius 2 is 1.87 bits per heavy atom. The first kappa shape index (κ1) is 20.6. The van der Waals surface area contributed by atoms with Crippen molar-refractivity contribution in [3.8, 4) is 0 Å². The minimum absolute atomic E-state index is 0.0310. The van der Waals surface area contributed by atoms with Crippen molar-refractivity contribution >= 4 is 33.2 Å². The van der Waals surface area contributed by atoms with Gasteiger partial charge in [-0.1, -0.05) is 18.2 Å². The van der Waals surface area contributed by atoms with E-state index < -0.39 is 10.0 Å². The number of fused-ring (bicyclic) bond motifs is 2. The summed E-state index contributed by atoms with van der Waals surface area (Å²) >= 11 is 0. The van der Waals surface area contributed by atoms with Gasteiger partial charge in [-0.05, 0) is 55.2 Å². The molecule has 0 aromatic heterocycles. The third-order valence-electron chi connectivity index (χ3n) is 5.74. The second-order valence-corrected chi connectivity index (χ2v) is 9.57. The topological polar surface area (TPSA) is 86.8 Å². The first-order valence-electron chi connectivity index (χ1n) is 10.1. The lowest BCUT2D eigenvalue weighted by Gasteiger charge is -2.22. The van der Waals surface area contributed by atoms with Crippen LogP contribution < -0.4 is 14.5 Å². The number of sulfonamides is 1. The molecule has 2 aliphatic rings. The number of anilines is 2. The molecule has 2 amide bonds. The highest BCUT2D eigenvalue weighted by Crippen LogP contribution is 2.32. The third-order valence-corrected chi connectivity index (χ3v) is 7.20. The number of hydrogen-bond acceptors (Lipinski definition) is 4. The summed E-state index contributed by atoms with van der Waals surface area (Å²) in [4.78, 5) is 28.0. The molecule has 8 heteroatoms. The Morgan fingerprint density at radius 3 is 2.63 bits per heavy atom. The average Bonchev–Trinajstić information content (AvgIpc) is 3.27. The lowest BCUT2D eigenvalue weighted by molar-refractivity contribution is -0.119. The quantitative estimate of drug-likeness (QED) is 0.793. The molecular formula is C22H25N3O4S. The first-order valence-corrected chi connectivity index (χ1v) is 11.6. The Kier molecular flexibility index (Phi) is 5.38. The normalized spacial score (nSPS) is 17.7. The number of nitrogens with one attached hydrogen (secondary N) is 1. The molecule has 158 valence electrons.